The monoisotopic (exact) mass is 293 g/mol. The molecule has 1 aromatic rings. The van der Waals surface area contributed by atoms with Crippen LogP contribution in [0.5, 0.6) is 5.75 Å². The summed E-state index contributed by atoms with van der Waals surface area (Å²) in [6.45, 7) is 6.43. The van der Waals surface area contributed by atoms with Crippen LogP contribution in [0.15, 0.2) is 18.2 Å². The number of hydrogen-bond donors (Lipinski definition) is 2. The quantitative estimate of drug-likeness (QED) is 0.809. The normalized spacial score (nSPS) is 12.0. The van der Waals surface area contributed by atoms with Crippen LogP contribution in [0.4, 0.5) is 0 Å². The lowest BCUT2D eigenvalue weighted by atomic mass is 9.97. The van der Waals surface area contributed by atoms with Crippen LogP contribution in [0.25, 0.3) is 0 Å². The molecule has 0 aliphatic rings. The molecule has 0 spiro atoms. The Labute approximate surface area is 125 Å². The molecule has 0 bridgehead atoms. The van der Waals surface area contributed by atoms with Gasteiger partial charge in [-0.2, -0.15) is 0 Å². The maximum absolute atomic E-state index is 11.9. The van der Waals surface area contributed by atoms with Crippen molar-refractivity contribution in [3.05, 3.63) is 29.3 Å². The van der Waals surface area contributed by atoms with Crippen molar-refractivity contribution in [3.8, 4) is 5.75 Å². The third-order valence-electron chi connectivity index (χ3n) is 3.64. The lowest BCUT2D eigenvalue weighted by Gasteiger charge is -2.16. The minimum atomic E-state index is -0.987. The zero-order valence-electron chi connectivity index (χ0n) is 13.0. The molecular weight excluding hydrogens is 270 g/mol. The predicted octanol–water partition coefficient (Wildman–Crippen LogP) is 2.34. The highest BCUT2D eigenvalue weighted by Gasteiger charge is 2.16. The number of methoxy groups -OCH3 is 1. The molecule has 1 unspecified atom stereocenters. The van der Waals surface area contributed by atoms with Gasteiger partial charge in [-0.3, -0.25) is 4.79 Å². The smallest absolute Gasteiger partial charge is 0.335 e. The van der Waals surface area contributed by atoms with E-state index in [9.17, 15) is 9.59 Å². The standard InChI is InChI=1S/C16H23NO4/c1-10(2)11(3)15(18)17-8-7-12-5-6-13(16(19)20)9-14(12)21-4/h5-6,9-11H,7-8H2,1-4H3,(H,17,18)(H,19,20). The molecule has 0 heterocycles. The molecule has 1 aromatic carbocycles. The van der Waals surface area contributed by atoms with E-state index in [4.69, 9.17) is 9.84 Å². The van der Waals surface area contributed by atoms with Crippen LogP contribution in [0.3, 0.4) is 0 Å². The van der Waals surface area contributed by atoms with Crippen molar-refractivity contribution in [1.29, 1.82) is 0 Å². The van der Waals surface area contributed by atoms with Crippen molar-refractivity contribution in [1.82, 2.24) is 5.32 Å². The Hall–Kier alpha value is -2.04. The molecule has 0 saturated carbocycles. The number of carbonyl (C=O) groups excluding carboxylic acids is 1. The van der Waals surface area contributed by atoms with Crippen LogP contribution in [-0.4, -0.2) is 30.6 Å². The Morgan fingerprint density at radius 2 is 1.95 bits per heavy atom. The van der Waals surface area contributed by atoms with E-state index in [0.717, 1.165) is 5.56 Å². The minimum absolute atomic E-state index is 0.0266. The number of rotatable bonds is 7. The molecule has 5 heteroatoms. The van der Waals surface area contributed by atoms with Crippen molar-refractivity contribution >= 4 is 11.9 Å². The van der Waals surface area contributed by atoms with Gasteiger partial charge in [-0.05, 0) is 30.0 Å². The number of aromatic carboxylic acids is 1. The summed E-state index contributed by atoms with van der Waals surface area (Å²) in [4.78, 5) is 22.8. The van der Waals surface area contributed by atoms with E-state index in [1.165, 1.54) is 13.2 Å². The number of ether oxygens (including phenoxy) is 1. The van der Waals surface area contributed by atoms with E-state index in [1.54, 1.807) is 12.1 Å². The Morgan fingerprint density at radius 3 is 2.48 bits per heavy atom. The zero-order valence-corrected chi connectivity index (χ0v) is 13.0. The summed E-state index contributed by atoms with van der Waals surface area (Å²) in [6, 6.07) is 4.76. The van der Waals surface area contributed by atoms with E-state index in [1.807, 2.05) is 20.8 Å². The first-order valence-electron chi connectivity index (χ1n) is 7.04. The number of carboxylic acid groups (broad SMARTS) is 1. The topological polar surface area (TPSA) is 75.6 Å². The van der Waals surface area contributed by atoms with Crippen molar-refractivity contribution < 1.29 is 19.4 Å². The molecule has 0 aromatic heterocycles. The van der Waals surface area contributed by atoms with Gasteiger partial charge in [0, 0.05) is 12.5 Å². The Kier molecular flexibility index (Phi) is 6.21. The van der Waals surface area contributed by atoms with Gasteiger partial charge in [0.05, 0.1) is 12.7 Å². The first-order chi connectivity index (χ1) is 9.86. The molecule has 21 heavy (non-hydrogen) atoms. The second kappa shape index (κ2) is 7.67. The molecule has 0 aliphatic heterocycles. The first-order valence-corrected chi connectivity index (χ1v) is 7.04. The van der Waals surface area contributed by atoms with Crippen LogP contribution in [0.2, 0.25) is 0 Å². The van der Waals surface area contributed by atoms with Gasteiger partial charge in [0.2, 0.25) is 5.91 Å². The fourth-order valence-corrected chi connectivity index (χ4v) is 1.87. The summed E-state index contributed by atoms with van der Waals surface area (Å²) in [7, 11) is 1.50. The first kappa shape index (κ1) is 17.0. The Balaban J connectivity index is 2.63. The van der Waals surface area contributed by atoms with Crippen LogP contribution in [0.1, 0.15) is 36.7 Å². The van der Waals surface area contributed by atoms with E-state index in [-0.39, 0.29) is 17.4 Å². The van der Waals surface area contributed by atoms with Crippen LogP contribution in [0, 0.1) is 11.8 Å². The number of carboxylic acids is 1. The number of hydrogen-bond acceptors (Lipinski definition) is 3. The van der Waals surface area contributed by atoms with E-state index in [2.05, 4.69) is 5.32 Å². The summed E-state index contributed by atoms with van der Waals surface area (Å²) < 4.78 is 5.20. The van der Waals surface area contributed by atoms with Crippen molar-refractivity contribution in [2.45, 2.75) is 27.2 Å². The predicted molar refractivity (Wildman–Crippen MR) is 80.7 cm³/mol. The maximum atomic E-state index is 11.9. The van der Waals surface area contributed by atoms with Crippen molar-refractivity contribution in [3.63, 3.8) is 0 Å². The molecule has 1 rings (SSSR count). The molecule has 1 atom stereocenters. The largest absolute Gasteiger partial charge is 0.496 e. The third kappa shape index (κ3) is 4.77. The van der Waals surface area contributed by atoms with Gasteiger partial charge in [0.15, 0.2) is 0 Å². The second-order valence-corrected chi connectivity index (χ2v) is 5.41. The third-order valence-corrected chi connectivity index (χ3v) is 3.64. The summed E-state index contributed by atoms with van der Waals surface area (Å²) in [5.74, 6) is -0.151. The van der Waals surface area contributed by atoms with Gasteiger partial charge in [0.25, 0.3) is 0 Å². The van der Waals surface area contributed by atoms with Crippen LogP contribution < -0.4 is 10.1 Å². The van der Waals surface area contributed by atoms with Gasteiger partial charge in [-0.1, -0.05) is 26.8 Å². The van der Waals surface area contributed by atoms with Gasteiger partial charge in [0.1, 0.15) is 5.75 Å². The fraction of sp³-hybridized carbons (Fsp3) is 0.500. The maximum Gasteiger partial charge on any atom is 0.335 e. The van der Waals surface area contributed by atoms with Crippen molar-refractivity contribution in [2.24, 2.45) is 11.8 Å². The molecule has 0 fully saturated rings. The van der Waals surface area contributed by atoms with Gasteiger partial charge in [-0.25, -0.2) is 4.79 Å². The Bertz CT molecular complexity index is 511. The molecular formula is C16H23NO4. The minimum Gasteiger partial charge on any atom is -0.496 e. The molecule has 5 nitrogen and oxygen atoms in total. The van der Waals surface area contributed by atoms with Gasteiger partial charge >= 0.3 is 5.97 Å². The van der Waals surface area contributed by atoms with Crippen LogP contribution >= 0.6 is 0 Å². The molecule has 0 radical (unpaired) electrons. The highest BCUT2D eigenvalue weighted by Crippen LogP contribution is 2.20. The molecule has 116 valence electrons. The summed E-state index contributed by atoms with van der Waals surface area (Å²) in [5.41, 5.74) is 1.06. The molecule has 0 saturated heterocycles. The molecule has 0 aliphatic carbocycles. The lowest BCUT2D eigenvalue weighted by Crippen LogP contribution is -2.33. The summed E-state index contributed by atoms with van der Waals surface area (Å²) in [5, 5.41) is 11.8. The van der Waals surface area contributed by atoms with E-state index < -0.39 is 5.97 Å². The van der Waals surface area contributed by atoms with Crippen molar-refractivity contribution in [2.75, 3.05) is 13.7 Å². The van der Waals surface area contributed by atoms with Gasteiger partial charge < -0.3 is 15.2 Å². The summed E-state index contributed by atoms with van der Waals surface area (Å²) in [6.07, 6.45) is 0.597. The number of benzene rings is 1. The summed E-state index contributed by atoms with van der Waals surface area (Å²) >= 11 is 0. The highest BCUT2D eigenvalue weighted by molar-refractivity contribution is 5.88. The second-order valence-electron chi connectivity index (χ2n) is 5.41. The van der Waals surface area contributed by atoms with E-state index in [0.29, 0.717) is 24.6 Å². The molecule has 2 N–H and O–H groups in total. The Morgan fingerprint density at radius 1 is 1.29 bits per heavy atom. The SMILES string of the molecule is COc1cc(C(=O)O)ccc1CCNC(=O)C(C)C(C)C. The highest BCUT2D eigenvalue weighted by atomic mass is 16.5. The fourth-order valence-electron chi connectivity index (χ4n) is 1.87. The van der Waals surface area contributed by atoms with E-state index >= 15 is 0 Å². The van der Waals surface area contributed by atoms with Crippen LogP contribution in [-0.2, 0) is 11.2 Å². The van der Waals surface area contributed by atoms with Gasteiger partial charge in [-0.15, -0.1) is 0 Å². The average Bonchev–Trinajstić information content (AvgIpc) is 2.46. The molecule has 1 amide bonds. The average molecular weight is 293 g/mol. The zero-order chi connectivity index (χ0) is 16.0. The number of nitrogens with one attached hydrogen (secondary N) is 1. The lowest BCUT2D eigenvalue weighted by molar-refractivity contribution is -0.125. The number of carbonyl (C=O) groups is 2. The number of amides is 1.